The van der Waals surface area contributed by atoms with Gasteiger partial charge in [0.2, 0.25) is 0 Å². The molecular weight excluding hydrogens is 232 g/mol. The number of ether oxygens (including phenoxy) is 1. The molecule has 0 aliphatic rings. The number of esters is 1. The van der Waals surface area contributed by atoms with Gasteiger partial charge in [-0.1, -0.05) is 17.2 Å². The second-order valence-corrected chi connectivity index (χ2v) is 3.13. The fourth-order valence-electron chi connectivity index (χ4n) is 1.22. The first-order valence-corrected chi connectivity index (χ1v) is 5.12. The predicted octanol–water partition coefficient (Wildman–Crippen LogP) is 3.76. The number of benzene rings is 1. The lowest BCUT2D eigenvalue weighted by molar-refractivity contribution is -0.137. The van der Waals surface area contributed by atoms with Crippen molar-refractivity contribution in [3.8, 4) is 0 Å². The summed E-state index contributed by atoms with van der Waals surface area (Å²) in [6.07, 6.45) is 2.81. The third kappa shape index (κ3) is 3.67. The largest absolute Gasteiger partial charge is 0.463 e. The Bertz CT molecular complexity index is 566. The summed E-state index contributed by atoms with van der Waals surface area (Å²) >= 11 is 0. The fraction of sp³-hybridized carbons (Fsp3) is 0.167. The van der Waals surface area contributed by atoms with Crippen LogP contribution in [0, 0.1) is 6.57 Å². The zero-order valence-electron chi connectivity index (χ0n) is 9.70. The minimum atomic E-state index is -0.444. The summed E-state index contributed by atoms with van der Waals surface area (Å²) in [4.78, 5) is 17.0. The van der Waals surface area contributed by atoms with E-state index in [0.29, 0.717) is 12.2 Å². The summed E-state index contributed by atoms with van der Waals surface area (Å²) in [6, 6.07) is 4.71. The molecule has 1 aromatic carbocycles. The second kappa shape index (κ2) is 6.74. The molecule has 1 aromatic rings. The van der Waals surface area contributed by atoms with Crippen molar-refractivity contribution in [2.75, 3.05) is 6.61 Å². The van der Waals surface area contributed by atoms with Crippen LogP contribution in [0.3, 0.4) is 0 Å². The smallest absolute Gasteiger partial charge is 0.330 e. The van der Waals surface area contributed by atoms with Crippen LogP contribution in [0.2, 0.25) is 0 Å². The van der Waals surface area contributed by atoms with Crippen molar-refractivity contribution in [3.05, 3.63) is 51.7 Å². The Labute approximate surface area is 104 Å². The van der Waals surface area contributed by atoms with Crippen molar-refractivity contribution in [3.63, 3.8) is 0 Å². The molecule has 1 rings (SSSR count). The third-order valence-corrected chi connectivity index (χ3v) is 1.97. The summed E-state index contributed by atoms with van der Waals surface area (Å²) in [5, 5.41) is 3.39. The van der Waals surface area contributed by atoms with Gasteiger partial charge >= 0.3 is 5.97 Å². The van der Waals surface area contributed by atoms with Crippen LogP contribution in [0.1, 0.15) is 12.5 Å². The highest BCUT2D eigenvalue weighted by Gasteiger charge is 2.01. The van der Waals surface area contributed by atoms with Crippen LogP contribution in [-0.2, 0) is 9.53 Å². The number of hydrogen-bond donors (Lipinski definition) is 0. The molecule has 0 heterocycles. The summed E-state index contributed by atoms with van der Waals surface area (Å²) < 4.78 is 4.73. The Morgan fingerprint density at radius 1 is 1.61 bits per heavy atom. The van der Waals surface area contributed by atoms with Crippen LogP contribution in [0.5, 0.6) is 0 Å². The number of azide groups is 1. The average Bonchev–Trinajstić information content (AvgIpc) is 2.38. The van der Waals surface area contributed by atoms with Crippen LogP contribution >= 0.6 is 0 Å². The van der Waals surface area contributed by atoms with Gasteiger partial charge in [-0.2, -0.15) is 0 Å². The van der Waals surface area contributed by atoms with E-state index in [0.717, 1.165) is 0 Å². The quantitative estimate of drug-likeness (QED) is 0.201. The molecule has 0 aliphatic carbocycles. The van der Waals surface area contributed by atoms with Crippen LogP contribution in [0.4, 0.5) is 11.4 Å². The SMILES string of the molecule is [C-]#[N+]c1cc(/C=C/C(=O)OCC)ccc1N=[N+]=[N-]. The van der Waals surface area contributed by atoms with Crippen molar-refractivity contribution < 1.29 is 9.53 Å². The number of nitrogens with zero attached hydrogens (tertiary/aromatic N) is 4. The molecule has 0 radical (unpaired) electrons. The second-order valence-electron chi connectivity index (χ2n) is 3.13. The third-order valence-electron chi connectivity index (χ3n) is 1.97. The van der Waals surface area contributed by atoms with E-state index in [1.54, 1.807) is 13.0 Å². The van der Waals surface area contributed by atoms with Crippen LogP contribution in [0.15, 0.2) is 29.4 Å². The molecule has 0 amide bonds. The van der Waals surface area contributed by atoms with Gasteiger partial charge in [0, 0.05) is 16.7 Å². The molecule has 6 nitrogen and oxygen atoms in total. The molecule has 0 bridgehead atoms. The molecule has 0 saturated heterocycles. The highest BCUT2D eigenvalue weighted by atomic mass is 16.5. The van der Waals surface area contributed by atoms with E-state index in [1.807, 2.05) is 0 Å². The number of carbonyl (C=O) groups excluding carboxylic acids is 1. The molecule has 0 aliphatic heterocycles. The Kier molecular flexibility index (Phi) is 4.98. The number of hydrogen-bond acceptors (Lipinski definition) is 3. The molecular formula is C12H10N4O2. The van der Waals surface area contributed by atoms with E-state index in [-0.39, 0.29) is 11.4 Å². The molecule has 0 aromatic heterocycles. The molecule has 18 heavy (non-hydrogen) atoms. The van der Waals surface area contributed by atoms with E-state index in [9.17, 15) is 4.79 Å². The summed E-state index contributed by atoms with van der Waals surface area (Å²) in [5.74, 6) is -0.444. The Balaban J connectivity index is 2.97. The van der Waals surface area contributed by atoms with Gasteiger partial charge in [0.1, 0.15) is 0 Å². The lowest BCUT2D eigenvalue weighted by Gasteiger charge is -1.99. The van der Waals surface area contributed by atoms with Crippen molar-refractivity contribution in [2.24, 2.45) is 5.11 Å². The fourth-order valence-corrected chi connectivity index (χ4v) is 1.22. The maximum atomic E-state index is 11.1. The number of carbonyl (C=O) groups is 1. The van der Waals surface area contributed by atoms with Crippen LogP contribution in [-0.4, -0.2) is 12.6 Å². The first-order valence-electron chi connectivity index (χ1n) is 5.12. The molecule has 0 saturated carbocycles. The van der Waals surface area contributed by atoms with E-state index in [2.05, 4.69) is 14.9 Å². The van der Waals surface area contributed by atoms with Gasteiger partial charge in [0.25, 0.3) is 0 Å². The minimum absolute atomic E-state index is 0.235. The Morgan fingerprint density at radius 2 is 2.39 bits per heavy atom. The summed E-state index contributed by atoms with van der Waals surface area (Å²) in [7, 11) is 0. The monoisotopic (exact) mass is 242 g/mol. The Morgan fingerprint density at radius 3 is 3.00 bits per heavy atom. The maximum Gasteiger partial charge on any atom is 0.330 e. The lowest BCUT2D eigenvalue weighted by Crippen LogP contribution is -1.98. The van der Waals surface area contributed by atoms with Crippen molar-refractivity contribution in [1.29, 1.82) is 0 Å². The lowest BCUT2D eigenvalue weighted by atomic mass is 10.1. The van der Waals surface area contributed by atoms with Crippen LogP contribution < -0.4 is 0 Å². The van der Waals surface area contributed by atoms with E-state index in [1.165, 1.54) is 24.3 Å². The molecule has 6 heteroatoms. The van der Waals surface area contributed by atoms with Gasteiger partial charge in [-0.25, -0.2) is 9.64 Å². The molecule has 90 valence electrons. The molecule has 0 atom stereocenters. The minimum Gasteiger partial charge on any atom is -0.463 e. The highest BCUT2D eigenvalue weighted by molar-refractivity contribution is 5.87. The standard InChI is InChI=1S/C12H10N4O2/c1-3-18-12(17)7-5-9-4-6-10(15-16-13)11(8-9)14-2/h4-8H,3H2,1H3/b7-5+. The van der Waals surface area contributed by atoms with Crippen LogP contribution in [0.25, 0.3) is 21.4 Å². The van der Waals surface area contributed by atoms with Gasteiger partial charge in [-0.05, 0) is 30.2 Å². The maximum absolute atomic E-state index is 11.1. The van der Waals surface area contributed by atoms with Gasteiger partial charge in [0.05, 0.1) is 13.2 Å². The summed E-state index contributed by atoms with van der Waals surface area (Å²) in [5.41, 5.74) is 9.48. The van der Waals surface area contributed by atoms with Crippen molar-refractivity contribution in [2.45, 2.75) is 6.92 Å². The first kappa shape index (κ1) is 13.3. The number of rotatable bonds is 4. The van der Waals surface area contributed by atoms with Gasteiger partial charge in [0.15, 0.2) is 5.69 Å². The van der Waals surface area contributed by atoms with Crippen molar-refractivity contribution in [1.82, 2.24) is 0 Å². The molecule has 0 fully saturated rings. The summed E-state index contributed by atoms with van der Waals surface area (Å²) in [6.45, 7) is 9.00. The first-order chi connectivity index (χ1) is 8.71. The highest BCUT2D eigenvalue weighted by Crippen LogP contribution is 2.29. The normalized spacial score (nSPS) is 9.56. The van der Waals surface area contributed by atoms with E-state index in [4.69, 9.17) is 16.8 Å². The van der Waals surface area contributed by atoms with E-state index < -0.39 is 5.97 Å². The predicted molar refractivity (Wildman–Crippen MR) is 67.2 cm³/mol. The molecule has 0 N–H and O–H groups in total. The zero-order valence-corrected chi connectivity index (χ0v) is 9.70. The average molecular weight is 242 g/mol. The van der Waals surface area contributed by atoms with E-state index >= 15 is 0 Å². The topological polar surface area (TPSA) is 79.4 Å². The van der Waals surface area contributed by atoms with Gasteiger partial charge < -0.3 is 4.74 Å². The van der Waals surface area contributed by atoms with Gasteiger partial charge in [-0.3, -0.25) is 0 Å². The van der Waals surface area contributed by atoms with Gasteiger partial charge in [-0.15, -0.1) is 0 Å². The van der Waals surface area contributed by atoms with Crippen molar-refractivity contribution >= 4 is 23.4 Å². The molecule has 0 unspecified atom stereocenters. The Hall–Kier alpha value is -2.77. The zero-order chi connectivity index (χ0) is 13.4. The molecule has 0 spiro atoms.